The summed E-state index contributed by atoms with van der Waals surface area (Å²) in [4.78, 5) is 0. The molecular weight excluding hydrogens is 206 g/mol. The molecule has 2 N–H and O–H groups in total. The molecule has 0 aliphatic carbocycles. The third-order valence-electron chi connectivity index (χ3n) is 2.74. The van der Waals surface area contributed by atoms with Crippen LogP contribution in [0, 0.1) is 0 Å². The van der Waals surface area contributed by atoms with E-state index in [9.17, 15) is 0 Å². The van der Waals surface area contributed by atoms with Crippen molar-refractivity contribution >= 4 is 28.4 Å². The zero-order valence-electron chi connectivity index (χ0n) is 8.36. The molecule has 1 saturated heterocycles. The van der Waals surface area contributed by atoms with E-state index in [1.165, 1.54) is 29.0 Å². The molecule has 1 unspecified atom stereocenters. The van der Waals surface area contributed by atoms with Crippen molar-refractivity contribution in [1.29, 1.82) is 0 Å². The van der Waals surface area contributed by atoms with Crippen LogP contribution < -0.4 is 5.32 Å². The van der Waals surface area contributed by atoms with Gasteiger partial charge in [0.15, 0.2) is 0 Å². The number of fused-ring (bicyclic) bond motifs is 1. The zero-order chi connectivity index (χ0) is 10.1. The summed E-state index contributed by atoms with van der Waals surface area (Å²) in [5.74, 6) is 2.50. The van der Waals surface area contributed by atoms with Crippen LogP contribution in [0.25, 0.3) is 10.9 Å². The fourth-order valence-corrected chi connectivity index (χ4v) is 3.06. The molecule has 1 aliphatic rings. The molecule has 1 aromatic heterocycles. The highest BCUT2D eigenvalue weighted by molar-refractivity contribution is 7.99. The van der Waals surface area contributed by atoms with E-state index in [1.807, 2.05) is 18.0 Å². The average molecular weight is 219 g/mol. The molecule has 2 aromatic rings. The molecule has 15 heavy (non-hydrogen) atoms. The fourth-order valence-electron chi connectivity index (χ4n) is 1.91. The lowest BCUT2D eigenvalue weighted by Gasteiger charge is -2.12. The second-order valence-electron chi connectivity index (χ2n) is 3.88. The van der Waals surface area contributed by atoms with E-state index >= 15 is 0 Å². The van der Waals surface area contributed by atoms with Gasteiger partial charge in [0.2, 0.25) is 0 Å². The van der Waals surface area contributed by atoms with Crippen molar-refractivity contribution in [3.63, 3.8) is 0 Å². The predicted molar refractivity (Wildman–Crippen MR) is 65.4 cm³/mol. The van der Waals surface area contributed by atoms with Crippen molar-refractivity contribution in [1.82, 2.24) is 10.2 Å². The molecule has 1 atom stereocenters. The Morgan fingerprint density at radius 2 is 2.47 bits per heavy atom. The van der Waals surface area contributed by atoms with E-state index in [0.717, 1.165) is 5.52 Å². The first kappa shape index (κ1) is 9.09. The molecule has 0 bridgehead atoms. The molecule has 3 rings (SSSR count). The van der Waals surface area contributed by atoms with Gasteiger partial charge < -0.3 is 5.32 Å². The second-order valence-corrected chi connectivity index (χ2v) is 5.03. The number of hydrogen-bond donors (Lipinski definition) is 2. The van der Waals surface area contributed by atoms with E-state index < -0.39 is 0 Å². The van der Waals surface area contributed by atoms with Crippen molar-refractivity contribution < 1.29 is 0 Å². The van der Waals surface area contributed by atoms with Gasteiger partial charge in [0.05, 0.1) is 11.7 Å². The lowest BCUT2D eigenvalue weighted by molar-refractivity contribution is 0.813. The topological polar surface area (TPSA) is 40.7 Å². The number of aromatic nitrogens is 2. The Balaban J connectivity index is 1.84. The number of benzene rings is 1. The number of rotatable bonds is 2. The Labute approximate surface area is 92.6 Å². The van der Waals surface area contributed by atoms with Crippen LogP contribution in [-0.4, -0.2) is 27.7 Å². The number of thioether (sulfide) groups is 1. The molecule has 1 aliphatic heterocycles. The molecule has 0 radical (unpaired) electrons. The van der Waals surface area contributed by atoms with E-state index in [4.69, 9.17) is 0 Å². The summed E-state index contributed by atoms with van der Waals surface area (Å²) in [7, 11) is 0. The molecule has 1 aromatic carbocycles. The van der Waals surface area contributed by atoms with Crippen LogP contribution in [-0.2, 0) is 0 Å². The summed E-state index contributed by atoms with van der Waals surface area (Å²) >= 11 is 2.02. The third kappa shape index (κ3) is 1.81. The van der Waals surface area contributed by atoms with Crippen LogP contribution in [0.5, 0.6) is 0 Å². The number of nitrogens with one attached hydrogen (secondary N) is 2. The second kappa shape index (κ2) is 3.77. The van der Waals surface area contributed by atoms with Crippen molar-refractivity contribution in [3.8, 4) is 0 Å². The highest BCUT2D eigenvalue weighted by Crippen LogP contribution is 2.23. The van der Waals surface area contributed by atoms with Crippen LogP contribution >= 0.6 is 11.8 Å². The average Bonchev–Trinajstić information content (AvgIpc) is 2.87. The summed E-state index contributed by atoms with van der Waals surface area (Å²) < 4.78 is 0. The molecule has 0 saturated carbocycles. The lowest BCUT2D eigenvalue weighted by atomic mass is 10.2. The molecule has 4 heteroatoms. The molecule has 78 valence electrons. The van der Waals surface area contributed by atoms with E-state index in [1.54, 1.807) is 0 Å². The van der Waals surface area contributed by atoms with Gasteiger partial charge >= 0.3 is 0 Å². The monoisotopic (exact) mass is 219 g/mol. The van der Waals surface area contributed by atoms with Gasteiger partial charge in [-0.15, -0.1) is 0 Å². The minimum Gasteiger partial charge on any atom is -0.381 e. The minimum absolute atomic E-state index is 0.635. The summed E-state index contributed by atoms with van der Waals surface area (Å²) in [6, 6.07) is 6.99. The summed E-state index contributed by atoms with van der Waals surface area (Å²) in [5, 5.41) is 11.7. The molecule has 1 fully saturated rings. The first-order valence-corrected chi connectivity index (χ1v) is 6.35. The quantitative estimate of drug-likeness (QED) is 0.815. The first-order valence-electron chi connectivity index (χ1n) is 5.19. The standard InChI is InChI=1S/C11H13N3S/c1-2-9(13-10-3-4-15-7-10)5-11-8(1)6-12-14-11/h1-2,5-6,10,13H,3-4,7H2,(H,12,14). The van der Waals surface area contributed by atoms with E-state index in [2.05, 4.69) is 33.7 Å². The molecule has 0 amide bonds. The number of aromatic amines is 1. The zero-order valence-corrected chi connectivity index (χ0v) is 9.18. The maximum atomic E-state index is 4.02. The minimum atomic E-state index is 0.635. The smallest absolute Gasteiger partial charge is 0.0670 e. The fraction of sp³-hybridized carbons (Fsp3) is 0.364. The maximum absolute atomic E-state index is 4.02. The molecular formula is C11H13N3S. The number of nitrogens with zero attached hydrogens (tertiary/aromatic N) is 1. The van der Waals surface area contributed by atoms with Crippen molar-refractivity contribution in [2.24, 2.45) is 0 Å². The molecule has 2 heterocycles. The van der Waals surface area contributed by atoms with Crippen molar-refractivity contribution in [2.75, 3.05) is 16.8 Å². The van der Waals surface area contributed by atoms with Gasteiger partial charge in [-0.05, 0) is 30.4 Å². The Morgan fingerprint density at radius 3 is 3.33 bits per heavy atom. The third-order valence-corrected chi connectivity index (χ3v) is 3.90. The SMILES string of the molecule is c1cc2cn[nH]c2cc1NC1CCSC1. The van der Waals surface area contributed by atoms with E-state index in [-0.39, 0.29) is 0 Å². The normalized spacial score (nSPS) is 20.9. The van der Waals surface area contributed by atoms with Crippen molar-refractivity contribution in [3.05, 3.63) is 24.4 Å². The largest absolute Gasteiger partial charge is 0.381 e. The number of anilines is 1. The van der Waals surface area contributed by atoms with Gasteiger partial charge in [-0.3, -0.25) is 5.10 Å². The van der Waals surface area contributed by atoms with Crippen LogP contribution in [0.2, 0.25) is 0 Å². The number of H-pyrrole nitrogens is 1. The Kier molecular flexibility index (Phi) is 2.29. The highest BCUT2D eigenvalue weighted by Gasteiger charge is 2.14. The van der Waals surface area contributed by atoms with Crippen LogP contribution in [0.15, 0.2) is 24.4 Å². The maximum Gasteiger partial charge on any atom is 0.0670 e. The summed E-state index contributed by atoms with van der Waals surface area (Å²) in [6.07, 6.45) is 3.12. The molecule has 0 spiro atoms. The Morgan fingerprint density at radius 1 is 1.47 bits per heavy atom. The van der Waals surface area contributed by atoms with Crippen molar-refractivity contribution in [2.45, 2.75) is 12.5 Å². The lowest BCUT2D eigenvalue weighted by Crippen LogP contribution is -2.17. The van der Waals surface area contributed by atoms with Gasteiger partial charge in [-0.2, -0.15) is 16.9 Å². The van der Waals surface area contributed by atoms with Crippen LogP contribution in [0.4, 0.5) is 5.69 Å². The van der Waals surface area contributed by atoms with E-state index in [0.29, 0.717) is 6.04 Å². The Hall–Kier alpha value is -1.16. The predicted octanol–water partition coefficient (Wildman–Crippen LogP) is 2.48. The first-order chi connectivity index (χ1) is 7.42. The number of hydrogen-bond acceptors (Lipinski definition) is 3. The van der Waals surface area contributed by atoms with Gasteiger partial charge in [-0.1, -0.05) is 0 Å². The highest BCUT2D eigenvalue weighted by atomic mass is 32.2. The van der Waals surface area contributed by atoms with Gasteiger partial charge in [-0.25, -0.2) is 0 Å². The summed E-state index contributed by atoms with van der Waals surface area (Å²) in [5.41, 5.74) is 2.30. The Bertz CT molecular complexity index is 460. The summed E-state index contributed by atoms with van der Waals surface area (Å²) in [6.45, 7) is 0. The van der Waals surface area contributed by atoms with Gasteiger partial charge in [0, 0.05) is 22.9 Å². The van der Waals surface area contributed by atoms with Crippen LogP contribution in [0.3, 0.4) is 0 Å². The molecule has 3 nitrogen and oxygen atoms in total. The van der Waals surface area contributed by atoms with Crippen LogP contribution in [0.1, 0.15) is 6.42 Å². The van der Waals surface area contributed by atoms with Gasteiger partial charge in [0.1, 0.15) is 0 Å². The van der Waals surface area contributed by atoms with Gasteiger partial charge in [0.25, 0.3) is 0 Å².